The van der Waals surface area contributed by atoms with Gasteiger partial charge in [0.05, 0.1) is 18.8 Å². The minimum Gasteiger partial charge on any atom is -0.312 e. The van der Waals surface area contributed by atoms with E-state index in [1.165, 1.54) is 6.20 Å². The van der Waals surface area contributed by atoms with Gasteiger partial charge in [0.25, 0.3) is 5.92 Å². The summed E-state index contributed by atoms with van der Waals surface area (Å²) in [4.78, 5) is 26.1. The summed E-state index contributed by atoms with van der Waals surface area (Å²) < 4.78 is 27.5. The van der Waals surface area contributed by atoms with E-state index >= 15 is 0 Å². The topological polar surface area (TPSA) is 88.8 Å². The molecule has 1 fully saturated rings. The molecule has 0 aliphatic carbocycles. The number of carbonyl (C=O) groups excluding carboxylic acids is 1. The maximum atomic E-state index is 13.0. The molecule has 8 nitrogen and oxygen atoms in total. The molecule has 150 valence electrons. The van der Waals surface area contributed by atoms with Crippen molar-refractivity contribution in [3.8, 4) is 17.1 Å². The van der Waals surface area contributed by atoms with Gasteiger partial charge in [-0.1, -0.05) is 6.07 Å². The van der Waals surface area contributed by atoms with Crippen molar-refractivity contribution in [1.29, 1.82) is 0 Å². The van der Waals surface area contributed by atoms with Crippen LogP contribution in [0.3, 0.4) is 0 Å². The third-order valence-electron chi connectivity index (χ3n) is 4.68. The lowest BCUT2D eigenvalue weighted by molar-refractivity contribution is -0.107. The first-order valence-corrected chi connectivity index (χ1v) is 9.14. The average Bonchev–Trinajstić information content (AvgIpc) is 3.16. The molecule has 1 N–H and O–H groups in total. The fourth-order valence-corrected chi connectivity index (χ4v) is 3.19. The highest BCUT2D eigenvalue weighted by Gasteiger charge is 2.46. The maximum absolute atomic E-state index is 13.0. The summed E-state index contributed by atoms with van der Waals surface area (Å²) in [6.07, 6.45) is 6.70. The Hall–Kier alpha value is -3.95. The number of alkyl halides is 2. The van der Waals surface area contributed by atoms with Gasteiger partial charge in [-0.25, -0.2) is 28.2 Å². The molecule has 0 spiro atoms. The number of urea groups is 1. The SMILES string of the molecule is O=C(Nc1ccnc(-n2cc3cc(-c4ccccn4)cnc3n2)c1)N1CC(F)(F)C1. The normalized spacial score (nSPS) is 15.1. The Kier molecular flexibility index (Phi) is 4.12. The van der Waals surface area contributed by atoms with Crippen LogP contribution in [0.25, 0.3) is 28.1 Å². The molecule has 0 atom stereocenters. The molecule has 2 amide bonds. The monoisotopic (exact) mass is 407 g/mol. The van der Waals surface area contributed by atoms with Gasteiger partial charge in [-0.3, -0.25) is 4.98 Å². The first-order chi connectivity index (χ1) is 14.5. The molecule has 0 saturated carbocycles. The van der Waals surface area contributed by atoms with Crippen molar-refractivity contribution in [2.75, 3.05) is 18.4 Å². The van der Waals surface area contributed by atoms with Crippen molar-refractivity contribution in [1.82, 2.24) is 29.6 Å². The lowest BCUT2D eigenvalue weighted by Gasteiger charge is -2.38. The van der Waals surface area contributed by atoms with Crippen LogP contribution in [0.4, 0.5) is 19.3 Å². The molecule has 0 aromatic carbocycles. The second-order valence-corrected chi connectivity index (χ2v) is 6.97. The van der Waals surface area contributed by atoms with Crippen LogP contribution >= 0.6 is 0 Å². The van der Waals surface area contributed by atoms with E-state index in [9.17, 15) is 13.6 Å². The largest absolute Gasteiger partial charge is 0.322 e. The van der Waals surface area contributed by atoms with Crippen LogP contribution < -0.4 is 5.32 Å². The minimum absolute atomic E-state index is 0.432. The highest BCUT2D eigenvalue weighted by atomic mass is 19.3. The molecule has 1 aliphatic heterocycles. The molecule has 0 radical (unpaired) electrons. The summed E-state index contributed by atoms with van der Waals surface area (Å²) in [5.74, 6) is -2.35. The summed E-state index contributed by atoms with van der Waals surface area (Å²) in [5, 5.41) is 7.83. The number of hydrogen-bond acceptors (Lipinski definition) is 5. The molecule has 0 unspecified atom stereocenters. The zero-order valence-corrected chi connectivity index (χ0v) is 15.5. The summed E-state index contributed by atoms with van der Waals surface area (Å²) in [6.45, 7) is -1.16. The summed E-state index contributed by atoms with van der Waals surface area (Å²) in [7, 11) is 0. The minimum atomic E-state index is -2.81. The van der Waals surface area contributed by atoms with Gasteiger partial charge in [-0.15, -0.1) is 5.10 Å². The molecule has 30 heavy (non-hydrogen) atoms. The highest BCUT2D eigenvalue weighted by molar-refractivity contribution is 5.90. The third kappa shape index (κ3) is 3.43. The molecule has 4 aromatic heterocycles. The number of pyridine rings is 3. The van der Waals surface area contributed by atoms with Crippen molar-refractivity contribution >= 4 is 22.8 Å². The predicted octanol–water partition coefficient (Wildman–Crippen LogP) is 3.36. The van der Waals surface area contributed by atoms with Gasteiger partial charge in [-0.2, -0.15) is 0 Å². The van der Waals surface area contributed by atoms with E-state index in [-0.39, 0.29) is 0 Å². The number of aromatic nitrogens is 5. The van der Waals surface area contributed by atoms with Crippen LogP contribution in [0.5, 0.6) is 0 Å². The zero-order valence-electron chi connectivity index (χ0n) is 15.5. The lowest BCUT2D eigenvalue weighted by Crippen LogP contribution is -2.59. The number of anilines is 1. The van der Waals surface area contributed by atoms with Gasteiger partial charge in [0.1, 0.15) is 0 Å². The Morgan fingerprint density at radius 2 is 1.93 bits per heavy atom. The van der Waals surface area contributed by atoms with E-state index in [2.05, 4.69) is 25.4 Å². The summed E-state index contributed by atoms with van der Waals surface area (Å²) in [5.41, 5.74) is 2.64. The maximum Gasteiger partial charge on any atom is 0.322 e. The molecule has 5 heterocycles. The Bertz CT molecular complexity index is 1230. The summed E-state index contributed by atoms with van der Waals surface area (Å²) in [6, 6.07) is 10.2. The quantitative estimate of drug-likeness (QED) is 0.563. The molecule has 4 aromatic rings. The Morgan fingerprint density at radius 1 is 1.07 bits per heavy atom. The summed E-state index contributed by atoms with van der Waals surface area (Å²) >= 11 is 0. The Balaban J connectivity index is 1.39. The smallest absolute Gasteiger partial charge is 0.312 e. The molecule has 1 saturated heterocycles. The second kappa shape index (κ2) is 6.83. The van der Waals surface area contributed by atoms with Gasteiger partial charge < -0.3 is 10.2 Å². The van der Waals surface area contributed by atoms with E-state index in [0.29, 0.717) is 17.2 Å². The standard InChI is InChI=1S/C20H15F2N7O/c21-20(22)11-28(12-20)19(30)26-15-4-6-24-17(8-15)29-10-14-7-13(9-25-18(14)27-29)16-3-1-2-5-23-16/h1-10H,11-12H2,(H,24,26,30). The predicted molar refractivity (Wildman–Crippen MR) is 105 cm³/mol. The second-order valence-electron chi connectivity index (χ2n) is 6.97. The van der Waals surface area contributed by atoms with Crippen molar-refractivity contribution in [2.24, 2.45) is 0 Å². The van der Waals surface area contributed by atoms with Crippen LogP contribution in [-0.2, 0) is 0 Å². The average molecular weight is 407 g/mol. The van der Waals surface area contributed by atoms with Crippen molar-refractivity contribution in [3.05, 3.63) is 61.2 Å². The van der Waals surface area contributed by atoms with Gasteiger partial charge in [0, 0.05) is 47.5 Å². The third-order valence-corrected chi connectivity index (χ3v) is 4.68. The number of nitrogens with zero attached hydrogens (tertiary/aromatic N) is 6. The number of likely N-dealkylation sites (tertiary alicyclic amines) is 1. The highest BCUT2D eigenvalue weighted by Crippen LogP contribution is 2.27. The lowest BCUT2D eigenvalue weighted by atomic mass is 10.1. The number of halogens is 2. The number of amides is 2. The zero-order chi connectivity index (χ0) is 20.7. The van der Waals surface area contributed by atoms with E-state index < -0.39 is 25.0 Å². The van der Waals surface area contributed by atoms with E-state index in [4.69, 9.17) is 0 Å². The Labute approximate surface area is 169 Å². The van der Waals surface area contributed by atoms with E-state index in [1.807, 2.05) is 24.3 Å². The number of carbonyl (C=O) groups is 1. The van der Waals surface area contributed by atoms with E-state index in [1.54, 1.807) is 35.4 Å². The number of nitrogens with one attached hydrogen (secondary N) is 1. The number of fused-ring (bicyclic) bond motifs is 1. The van der Waals surface area contributed by atoms with Crippen LogP contribution in [0.15, 0.2) is 61.2 Å². The van der Waals surface area contributed by atoms with Crippen molar-refractivity contribution < 1.29 is 13.6 Å². The number of rotatable bonds is 3. The Morgan fingerprint density at radius 3 is 2.70 bits per heavy atom. The fraction of sp³-hybridized carbons (Fsp3) is 0.150. The van der Waals surface area contributed by atoms with Crippen LogP contribution in [0, 0.1) is 0 Å². The molecule has 1 aliphatic rings. The van der Waals surface area contributed by atoms with Crippen LogP contribution in [0.1, 0.15) is 0 Å². The fourth-order valence-electron chi connectivity index (χ4n) is 3.19. The molecular formula is C20H15F2N7O. The van der Waals surface area contributed by atoms with Gasteiger partial charge >= 0.3 is 6.03 Å². The van der Waals surface area contributed by atoms with Crippen molar-refractivity contribution in [2.45, 2.75) is 5.92 Å². The van der Waals surface area contributed by atoms with Gasteiger partial charge in [0.2, 0.25) is 0 Å². The van der Waals surface area contributed by atoms with Crippen LogP contribution in [-0.4, -0.2) is 54.7 Å². The molecule has 5 rings (SSSR count). The van der Waals surface area contributed by atoms with E-state index in [0.717, 1.165) is 21.5 Å². The molecular weight excluding hydrogens is 392 g/mol. The van der Waals surface area contributed by atoms with Gasteiger partial charge in [0.15, 0.2) is 11.5 Å². The van der Waals surface area contributed by atoms with Gasteiger partial charge in [-0.05, 0) is 24.3 Å². The van der Waals surface area contributed by atoms with Crippen LogP contribution in [0.2, 0.25) is 0 Å². The molecule has 10 heteroatoms. The van der Waals surface area contributed by atoms with Crippen molar-refractivity contribution in [3.63, 3.8) is 0 Å². The molecule has 0 bridgehead atoms. The first kappa shape index (κ1) is 18.1. The first-order valence-electron chi connectivity index (χ1n) is 9.14. The number of hydrogen-bond donors (Lipinski definition) is 1.